The molecule has 0 amide bonds. The fourth-order valence-corrected chi connectivity index (χ4v) is 8.69. The average Bonchev–Trinajstić information content (AvgIpc) is 3.91. The molecule has 0 aliphatic carbocycles. The van der Waals surface area contributed by atoms with Crippen LogP contribution in [0, 0.1) is 13.8 Å². The first-order valence-electron chi connectivity index (χ1n) is 29.0. The largest absolute Gasteiger partial charge is 0.496 e. The first-order valence-corrected chi connectivity index (χ1v) is 22.0. The van der Waals surface area contributed by atoms with E-state index in [1.54, 1.807) is 13.2 Å². The number of hydrogen-bond donors (Lipinski definition) is 0. The molecule has 0 saturated heterocycles. The standard InChI is InChI=1S/C62H61N3O/c1-39(2)45-24-29-56(53(37-45)44-22-27-51(28-23-44)62(8,9)10)65-57-19-15-18-52(58(57)64-60(65)54-33-40(3)32-41(4)59(54)66-11)48-34-47(42-16-13-12-14-17-42)35-49(36-48)55-38-46(30-31-63-55)43-20-25-50(26-21-43)61(5,6)7/h12-39H,1-11H3/i5D3,6D3,7D3,20D,21D,25D,26D,39D. The molecular weight excluding hydrogens is 803 g/mol. The Labute approximate surface area is 411 Å². The second-order valence-corrected chi connectivity index (χ2v) is 18.3. The van der Waals surface area contributed by atoms with E-state index in [1.165, 1.54) is 17.8 Å². The smallest absolute Gasteiger partial charge is 0.149 e. The predicted molar refractivity (Wildman–Crippen MR) is 279 cm³/mol. The van der Waals surface area contributed by atoms with Crippen molar-refractivity contribution in [3.8, 4) is 78.6 Å². The molecule has 0 saturated carbocycles. The van der Waals surface area contributed by atoms with Crippen molar-refractivity contribution in [3.63, 3.8) is 0 Å². The number of pyridine rings is 1. The molecule has 0 bridgehead atoms. The summed E-state index contributed by atoms with van der Waals surface area (Å²) in [6.07, 6.45) is 1.43. The number of fused-ring (bicyclic) bond motifs is 1. The third-order valence-electron chi connectivity index (χ3n) is 12.1. The van der Waals surface area contributed by atoms with Crippen molar-refractivity contribution in [1.82, 2.24) is 14.5 Å². The van der Waals surface area contributed by atoms with Crippen LogP contribution in [-0.2, 0) is 10.8 Å². The molecule has 0 spiro atoms. The molecule has 0 unspecified atom stereocenters. The van der Waals surface area contributed by atoms with E-state index >= 15 is 0 Å². The van der Waals surface area contributed by atoms with Gasteiger partial charge in [0.25, 0.3) is 0 Å². The number of aryl methyl sites for hydroxylation is 2. The maximum absolute atomic E-state index is 9.19. The lowest BCUT2D eigenvalue weighted by Gasteiger charge is -2.21. The van der Waals surface area contributed by atoms with E-state index in [1.807, 2.05) is 94.4 Å². The first kappa shape index (κ1) is 30.2. The summed E-state index contributed by atoms with van der Waals surface area (Å²) in [7, 11) is 1.65. The number of para-hydroxylation sites is 1. The normalized spacial score (nSPS) is 15.8. The number of nitrogens with zero attached hydrogens (tertiary/aromatic N) is 3. The van der Waals surface area contributed by atoms with Gasteiger partial charge in [0.2, 0.25) is 0 Å². The van der Waals surface area contributed by atoms with Gasteiger partial charge in [-0.3, -0.25) is 9.55 Å². The minimum Gasteiger partial charge on any atom is -0.496 e. The molecule has 0 radical (unpaired) electrons. The molecule has 0 aliphatic rings. The van der Waals surface area contributed by atoms with Crippen molar-refractivity contribution in [2.24, 2.45) is 0 Å². The quantitative estimate of drug-likeness (QED) is 0.145. The van der Waals surface area contributed by atoms with Crippen LogP contribution in [0.2, 0.25) is 0 Å². The number of hydrogen-bond acceptors (Lipinski definition) is 3. The lowest BCUT2D eigenvalue weighted by molar-refractivity contribution is 0.413. The molecule has 7 aromatic carbocycles. The zero-order valence-electron chi connectivity index (χ0n) is 52.5. The van der Waals surface area contributed by atoms with Gasteiger partial charge in [-0.2, -0.15) is 0 Å². The van der Waals surface area contributed by atoms with Crippen LogP contribution in [0.1, 0.15) is 108 Å². The van der Waals surface area contributed by atoms with Crippen LogP contribution in [-0.4, -0.2) is 21.6 Å². The Bertz CT molecular complexity index is 3800. The highest BCUT2D eigenvalue weighted by atomic mass is 16.5. The SMILES string of the molecule is [2H]c1c([2H])c(C(C([2H])([2H])[2H])(C([2H])([2H])[2H])C([2H])([2H])[2H])c([2H])c([2H])c1-c1ccnc(-c2cc(-c3ccccc3)cc(-c3cccc4c3nc(-c3cc(C)cc(C)c3OC)n4-c3ccc(C([2H])(C)C)cc3-c3ccc(C(C)(C)C)cc3)c2)c1. The molecule has 0 N–H and O–H groups in total. The van der Waals surface area contributed by atoms with Crippen LogP contribution in [0.15, 0.2) is 164 Å². The van der Waals surface area contributed by atoms with Crippen molar-refractivity contribution in [2.45, 2.75) is 85.7 Å². The zero-order chi connectivity index (χ0) is 58.4. The topological polar surface area (TPSA) is 39.9 Å². The van der Waals surface area contributed by atoms with Gasteiger partial charge < -0.3 is 4.74 Å². The maximum atomic E-state index is 9.19. The molecule has 4 heteroatoms. The van der Waals surface area contributed by atoms with Crippen LogP contribution < -0.4 is 4.74 Å². The van der Waals surface area contributed by atoms with E-state index < -0.39 is 61.6 Å². The summed E-state index contributed by atoms with van der Waals surface area (Å²) in [5, 5.41) is 0. The average molecular weight is 878 g/mol. The third kappa shape index (κ3) is 8.61. The van der Waals surface area contributed by atoms with Crippen molar-refractivity contribution in [2.75, 3.05) is 7.11 Å². The van der Waals surface area contributed by atoms with E-state index in [2.05, 4.69) is 79.9 Å². The van der Waals surface area contributed by atoms with Crippen molar-refractivity contribution >= 4 is 11.0 Å². The molecule has 0 fully saturated rings. The molecule has 0 atom stereocenters. The second kappa shape index (κ2) is 17.4. The van der Waals surface area contributed by atoms with Crippen LogP contribution in [0.25, 0.3) is 83.9 Å². The van der Waals surface area contributed by atoms with Crippen molar-refractivity contribution < 1.29 is 23.9 Å². The van der Waals surface area contributed by atoms with E-state index in [0.29, 0.717) is 28.3 Å². The van der Waals surface area contributed by atoms with E-state index in [0.717, 1.165) is 66.8 Å². The molecular formula is C62H61N3O. The highest BCUT2D eigenvalue weighted by Gasteiger charge is 2.25. The number of aromatic nitrogens is 3. The van der Waals surface area contributed by atoms with E-state index in [4.69, 9.17) is 31.2 Å². The Hall–Kier alpha value is -7.04. The summed E-state index contributed by atoms with van der Waals surface area (Å²) in [6, 6.07) is 39.8. The summed E-state index contributed by atoms with van der Waals surface area (Å²) >= 11 is 0. The number of imidazole rings is 1. The van der Waals surface area contributed by atoms with Gasteiger partial charge in [-0.05, 0) is 146 Å². The highest BCUT2D eigenvalue weighted by Crippen LogP contribution is 2.44. The number of rotatable bonds is 9. The van der Waals surface area contributed by atoms with Gasteiger partial charge in [-0.15, -0.1) is 0 Å². The Kier molecular flexibility index (Phi) is 7.97. The van der Waals surface area contributed by atoms with Gasteiger partial charge in [0.05, 0.1) is 40.6 Å². The molecule has 4 nitrogen and oxygen atoms in total. The molecule has 0 aliphatic heterocycles. The number of benzene rings is 7. The second-order valence-electron chi connectivity index (χ2n) is 18.3. The zero-order valence-corrected chi connectivity index (χ0v) is 38.5. The lowest BCUT2D eigenvalue weighted by Crippen LogP contribution is -2.10. The molecule has 2 aromatic heterocycles. The minimum absolute atomic E-state index is 0.0816. The Morgan fingerprint density at radius 1 is 0.606 bits per heavy atom. The maximum Gasteiger partial charge on any atom is 0.149 e. The number of methoxy groups -OCH3 is 1. The van der Waals surface area contributed by atoms with Crippen LogP contribution in [0.5, 0.6) is 5.75 Å². The summed E-state index contributed by atoms with van der Waals surface area (Å²) < 4.78 is 128. The Balaban J connectivity index is 1.30. The fraction of sp³-hybridized carbons (Fsp3) is 0.226. The monoisotopic (exact) mass is 878 g/mol. The summed E-state index contributed by atoms with van der Waals surface area (Å²) in [4.78, 5) is 10.3. The van der Waals surface area contributed by atoms with Gasteiger partial charge >= 0.3 is 0 Å². The summed E-state index contributed by atoms with van der Waals surface area (Å²) in [6.45, 7) is 2.90. The first-order chi connectivity index (χ1) is 37.3. The van der Waals surface area contributed by atoms with Crippen molar-refractivity contribution in [1.29, 1.82) is 0 Å². The Morgan fingerprint density at radius 3 is 2.03 bits per heavy atom. The fourth-order valence-electron chi connectivity index (χ4n) is 8.69. The summed E-state index contributed by atoms with van der Waals surface area (Å²) in [5.41, 5.74) is 7.73. The Morgan fingerprint density at radius 2 is 1.33 bits per heavy atom. The molecule has 2 heterocycles. The third-order valence-corrected chi connectivity index (χ3v) is 12.1. The molecule has 9 rings (SSSR count). The van der Waals surface area contributed by atoms with Crippen LogP contribution in [0.4, 0.5) is 0 Å². The van der Waals surface area contributed by atoms with Crippen LogP contribution >= 0.6 is 0 Å². The molecule has 9 aromatic rings. The van der Waals surface area contributed by atoms with E-state index in [9.17, 15) is 2.74 Å². The van der Waals surface area contributed by atoms with Gasteiger partial charge in [0.15, 0.2) is 0 Å². The summed E-state index contributed by atoms with van der Waals surface area (Å²) in [5.74, 6) is 0.369. The molecule has 66 heavy (non-hydrogen) atoms. The van der Waals surface area contributed by atoms with Gasteiger partial charge in [-0.25, -0.2) is 4.98 Å². The van der Waals surface area contributed by atoms with Gasteiger partial charge in [0, 0.05) is 36.6 Å². The lowest BCUT2D eigenvalue weighted by atomic mass is 9.86. The minimum atomic E-state index is -3.81. The predicted octanol–water partition coefficient (Wildman–Crippen LogP) is 16.8. The van der Waals surface area contributed by atoms with E-state index in [-0.39, 0.29) is 16.5 Å². The highest BCUT2D eigenvalue weighted by molar-refractivity contribution is 5.98. The number of ether oxygens (including phenoxy) is 1. The molecule has 330 valence electrons. The van der Waals surface area contributed by atoms with Crippen molar-refractivity contribution in [3.05, 3.63) is 192 Å². The van der Waals surface area contributed by atoms with Gasteiger partial charge in [-0.1, -0.05) is 158 Å². The van der Waals surface area contributed by atoms with Gasteiger partial charge in [0.1, 0.15) is 11.6 Å². The van der Waals surface area contributed by atoms with Crippen LogP contribution in [0.3, 0.4) is 0 Å².